The van der Waals surface area contributed by atoms with Gasteiger partial charge in [-0.1, -0.05) is 13.8 Å². The van der Waals surface area contributed by atoms with Gasteiger partial charge in [-0.05, 0) is 31.7 Å². The van der Waals surface area contributed by atoms with E-state index < -0.39 is 21.0 Å². The second kappa shape index (κ2) is 6.90. The van der Waals surface area contributed by atoms with Crippen LogP contribution in [0.5, 0.6) is 0 Å². The first-order valence-electron chi connectivity index (χ1n) is 6.34. The predicted octanol–water partition coefficient (Wildman–Crippen LogP) is 0.736. The molecule has 5 nitrogen and oxygen atoms in total. The lowest BCUT2D eigenvalue weighted by molar-refractivity contribution is -0.120. The van der Waals surface area contributed by atoms with Gasteiger partial charge in [0.1, 0.15) is 5.25 Å². The molecule has 0 aromatic heterocycles. The van der Waals surface area contributed by atoms with E-state index in [1.54, 1.807) is 0 Å². The highest BCUT2D eigenvalue weighted by Crippen LogP contribution is 2.29. The van der Waals surface area contributed by atoms with Crippen LogP contribution in [-0.4, -0.2) is 45.0 Å². The van der Waals surface area contributed by atoms with E-state index in [-0.39, 0.29) is 23.9 Å². The molecule has 1 rings (SSSR count). The number of carbonyl (C=O) groups excluding carboxylic acids is 1. The standard InChI is InChI=1S/C12H24N2O3S.ClH/c1-9(18(4,16)17)11(15)14-8-10-12(2,3)6-5-7-13-10;/h9-10,13H,5-8H2,1-4H3,(H,14,15);1H. The Morgan fingerprint density at radius 3 is 2.53 bits per heavy atom. The minimum Gasteiger partial charge on any atom is -0.353 e. The van der Waals surface area contributed by atoms with E-state index in [2.05, 4.69) is 24.5 Å². The first-order valence-corrected chi connectivity index (χ1v) is 8.30. The third kappa shape index (κ3) is 5.28. The molecule has 0 aliphatic carbocycles. The Labute approximate surface area is 122 Å². The third-order valence-corrected chi connectivity index (χ3v) is 5.32. The van der Waals surface area contributed by atoms with Crippen molar-refractivity contribution in [3.05, 3.63) is 0 Å². The number of amides is 1. The second-order valence-corrected chi connectivity index (χ2v) is 8.18. The Morgan fingerprint density at radius 1 is 1.47 bits per heavy atom. The molecular formula is C12H25ClN2O3S. The van der Waals surface area contributed by atoms with Crippen LogP contribution in [0.25, 0.3) is 0 Å². The number of sulfone groups is 1. The molecule has 114 valence electrons. The molecule has 2 unspecified atom stereocenters. The van der Waals surface area contributed by atoms with Gasteiger partial charge in [0, 0.05) is 18.8 Å². The van der Waals surface area contributed by atoms with Crippen molar-refractivity contribution in [1.29, 1.82) is 0 Å². The molecule has 2 N–H and O–H groups in total. The van der Waals surface area contributed by atoms with E-state index in [1.807, 2.05) is 0 Å². The summed E-state index contributed by atoms with van der Waals surface area (Å²) in [6.45, 7) is 7.17. The van der Waals surface area contributed by atoms with Crippen LogP contribution in [0, 0.1) is 5.41 Å². The van der Waals surface area contributed by atoms with Crippen LogP contribution < -0.4 is 10.6 Å². The smallest absolute Gasteiger partial charge is 0.238 e. The molecule has 1 aliphatic heterocycles. The fourth-order valence-corrected chi connectivity index (χ4v) is 2.63. The molecule has 1 saturated heterocycles. The average Bonchev–Trinajstić information content (AvgIpc) is 2.24. The highest BCUT2D eigenvalue weighted by Gasteiger charge is 2.33. The van der Waals surface area contributed by atoms with Crippen LogP contribution in [-0.2, 0) is 14.6 Å². The molecule has 0 bridgehead atoms. The van der Waals surface area contributed by atoms with E-state index in [4.69, 9.17) is 0 Å². The zero-order valence-electron chi connectivity index (χ0n) is 12.0. The molecule has 0 spiro atoms. The number of hydrogen-bond donors (Lipinski definition) is 2. The fourth-order valence-electron chi connectivity index (χ4n) is 2.16. The monoisotopic (exact) mass is 312 g/mol. The summed E-state index contributed by atoms with van der Waals surface area (Å²) in [4.78, 5) is 11.7. The van der Waals surface area contributed by atoms with Gasteiger partial charge in [-0.15, -0.1) is 12.4 Å². The first kappa shape index (κ1) is 18.7. The highest BCUT2D eigenvalue weighted by molar-refractivity contribution is 7.92. The molecule has 0 aromatic carbocycles. The van der Waals surface area contributed by atoms with Crippen molar-refractivity contribution in [2.24, 2.45) is 5.41 Å². The minimum absolute atomic E-state index is 0. The Balaban J connectivity index is 0.00000324. The molecule has 1 aliphatic rings. The quantitative estimate of drug-likeness (QED) is 0.803. The van der Waals surface area contributed by atoms with Crippen molar-refractivity contribution in [2.75, 3.05) is 19.3 Å². The number of nitrogens with one attached hydrogen (secondary N) is 2. The van der Waals surface area contributed by atoms with Crippen molar-refractivity contribution in [1.82, 2.24) is 10.6 Å². The SMILES string of the molecule is CC(C(=O)NCC1NCCCC1(C)C)S(C)(=O)=O.Cl. The van der Waals surface area contributed by atoms with Gasteiger partial charge in [0.2, 0.25) is 5.91 Å². The Kier molecular flexibility index (Phi) is 6.78. The van der Waals surface area contributed by atoms with Crippen LogP contribution >= 0.6 is 12.4 Å². The topological polar surface area (TPSA) is 75.3 Å². The molecule has 0 radical (unpaired) electrons. The molecule has 0 saturated carbocycles. The summed E-state index contributed by atoms with van der Waals surface area (Å²) in [6.07, 6.45) is 3.33. The summed E-state index contributed by atoms with van der Waals surface area (Å²) in [6, 6.07) is 0.196. The van der Waals surface area contributed by atoms with Gasteiger partial charge in [0.25, 0.3) is 0 Å². The van der Waals surface area contributed by atoms with Crippen molar-refractivity contribution in [3.8, 4) is 0 Å². The number of halogens is 1. The molecule has 7 heteroatoms. The maximum absolute atomic E-state index is 11.7. The van der Waals surface area contributed by atoms with E-state index >= 15 is 0 Å². The van der Waals surface area contributed by atoms with Gasteiger partial charge in [-0.3, -0.25) is 4.79 Å². The molecular weight excluding hydrogens is 288 g/mol. The summed E-state index contributed by atoms with van der Waals surface area (Å²) in [5.74, 6) is -0.416. The van der Waals surface area contributed by atoms with E-state index in [9.17, 15) is 13.2 Å². The van der Waals surface area contributed by atoms with Crippen molar-refractivity contribution < 1.29 is 13.2 Å². The largest absolute Gasteiger partial charge is 0.353 e. The van der Waals surface area contributed by atoms with Crippen LogP contribution in [0.3, 0.4) is 0 Å². The van der Waals surface area contributed by atoms with Crippen molar-refractivity contribution in [3.63, 3.8) is 0 Å². The predicted molar refractivity (Wildman–Crippen MR) is 79.4 cm³/mol. The maximum Gasteiger partial charge on any atom is 0.238 e. The summed E-state index contributed by atoms with van der Waals surface area (Å²) in [5.41, 5.74) is 0.125. The fraction of sp³-hybridized carbons (Fsp3) is 0.917. The van der Waals surface area contributed by atoms with Gasteiger partial charge >= 0.3 is 0 Å². The lowest BCUT2D eigenvalue weighted by atomic mass is 9.77. The third-order valence-electron chi connectivity index (χ3n) is 3.82. The summed E-state index contributed by atoms with van der Waals surface area (Å²) in [7, 11) is -3.32. The molecule has 19 heavy (non-hydrogen) atoms. The second-order valence-electron chi connectivity index (χ2n) is 5.82. The first-order chi connectivity index (χ1) is 8.14. The lowest BCUT2D eigenvalue weighted by Gasteiger charge is -2.39. The van der Waals surface area contributed by atoms with Crippen LogP contribution in [0.2, 0.25) is 0 Å². The number of piperidine rings is 1. The van der Waals surface area contributed by atoms with Crippen LogP contribution in [0.15, 0.2) is 0 Å². The lowest BCUT2D eigenvalue weighted by Crippen LogP contribution is -2.54. The van der Waals surface area contributed by atoms with Gasteiger partial charge in [-0.2, -0.15) is 0 Å². The van der Waals surface area contributed by atoms with Crippen molar-refractivity contribution >= 4 is 28.2 Å². The molecule has 0 aromatic rings. The Hall–Kier alpha value is -0.330. The Morgan fingerprint density at radius 2 is 2.05 bits per heavy atom. The average molecular weight is 313 g/mol. The summed E-state index contributed by atoms with van der Waals surface area (Å²) >= 11 is 0. The van der Waals surface area contributed by atoms with Gasteiger partial charge in [-0.25, -0.2) is 8.42 Å². The van der Waals surface area contributed by atoms with Crippen LogP contribution in [0.1, 0.15) is 33.6 Å². The number of rotatable bonds is 4. The molecule has 1 amide bonds. The van der Waals surface area contributed by atoms with Gasteiger partial charge < -0.3 is 10.6 Å². The molecule has 1 heterocycles. The summed E-state index contributed by atoms with van der Waals surface area (Å²) < 4.78 is 22.5. The van der Waals surface area contributed by atoms with E-state index in [0.717, 1.165) is 25.6 Å². The van der Waals surface area contributed by atoms with E-state index in [0.29, 0.717) is 6.54 Å². The van der Waals surface area contributed by atoms with Crippen molar-refractivity contribution in [2.45, 2.75) is 44.9 Å². The zero-order valence-corrected chi connectivity index (χ0v) is 13.7. The number of carbonyl (C=O) groups is 1. The van der Waals surface area contributed by atoms with Gasteiger partial charge in [0.15, 0.2) is 9.84 Å². The Bertz CT molecular complexity index is 409. The van der Waals surface area contributed by atoms with Gasteiger partial charge in [0.05, 0.1) is 0 Å². The summed E-state index contributed by atoms with van der Waals surface area (Å²) in [5, 5.41) is 5.13. The normalized spacial score (nSPS) is 24.1. The molecule has 2 atom stereocenters. The zero-order chi connectivity index (χ0) is 14.0. The van der Waals surface area contributed by atoms with E-state index in [1.165, 1.54) is 6.92 Å². The van der Waals surface area contributed by atoms with Crippen LogP contribution in [0.4, 0.5) is 0 Å². The minimum atomic E-state index is -3.32. The highest BCUT2D eigenvalue weighted by atomic mass is 35.5. The maximum atomic E-state index is 11.7. The molecule has 1 fully saturated rings. The number of hydrogen-bond acceptors (Lipinski definition) is 4.